The standard InChI is InChI=1S/C17H15N5O3/c1-22(2)15-12-5-3-10(7-13(12)19-9-20-15)16(23)21-14-6-4-11(8-18-14)17(24)25/h3-9H,1-2H3,(H,24,25)(H,18,21,23). The number of hydrogen-bond donors (Lipinski definition) is 2. The molecular weight excluding hydrogens is 322 g/mol. The van der Waals surface area contributed by atoms with E-state index in [9.17, 15) is 9.59 Å². The van der Waals surface area contributed by atoms with Crippen molar-refractivity contribution in [3.05, 3.63) is 54.0 Å². The lowest BCUT2D eigenvalue weighted by Gasteiger charge is -2.13. The van der Waals surface area contributed by atoms with Gasteiger partial charge in [0.1, 0.15) is 18.0 Å². The van der Waals surface area contributed by atoms with Gasteiger partial charge < -0.3 is 15.3 Å². The minimum absolute atomic E-state index is 0.0524. The normalized spacial score (nSPS) is 10.5. The van der Waals surface area contributed by atoms with Gasteiger partial charge in [-0.3, -0.25) is 4.79 Å². The summed E-state index contributed by atoms with van der Waals surface area (Å²) in [6.07, 6.45) is 2.64. The van der Waals surface area contributed by atoms with Crippen molar-refractivity contribution in [1.82, 2.24) is 15.0 Å². The molecule has 8 nitrogen and oxygen atoms in total. The van der Waals surface area contributed by atoms with Gasteiger partial charge in [-0.15, -0.1) is 0 Å². The molecule has 0 saturated heterocycles. The van der Waals surface area contributed by atoms with E-state index in [2.05, 4.69) is 20.3 Å². The van der Waals surface area contributed by atoms with Gasteiger partial charge >= 0.3 is 5.97 Å². The number of aromatic carboxylic acids is 1. The number of rotatable bonds is 4. The molecule has 0 radical (unpaired) electrons. The topological polar surface area (TPSA) is 108 Å². The summed E-state index contributed by atoms with van der Waals surface area (Å²) >= 11 is 0. The predicted molar refractivity (Wildman–Crippen MR) is 93.0 cm³/mol. The second-order valence-corrected chi connectivity index (χ2v) is 5.52. The molecule has 25 heavy (non-hydrogen) atoms. The number of aromatic nitrogens is 3. The molecule has 8 heteroatoms. The minimum Gasteiger partial charge on any atom is -0.478 e. The Hall–Kier alpha value is -3.55. The van der Waals surface area contributed by atoms with Crippen molar-refractivity contribution >= 4 is 34.4 Å². The Morgan fingerprint density at radius 2 is 1.80 bits per heavy atom. The summed E-state index contributed by atoms with van der Waals surface area (Å²) in [6.45, 7) is 0. The lowest BCUT2D eigenvalue weighted by atomic mass is 10.1. The molecule has 1 amide bonds. The number of amides is 1. The molecule has 2 N–H and O–H groups in total. The fourth-order valence-electron chi connectivity index (χ4n) is 2.32. The number of nitrogens with one attached hydrogen (secondary N) is 1. The van der Waals surface area contributed by atoms with Crippen LogP contribution in [0.4, 0.5) is 11.6 Å². The number of benzene rings is 1. The van der Waals surface area contributed by atoms with Crippen LogP contribution in [0.3, 0.4) is 0 Å². The first-order chi connectivity index (χ1) is 12.0. The first kappa shape index (κ1) is 16.3. The summed E-state index contributed by atoms with van der Waals surface area (Å²) in [5, 5.41) is 12.3. The van der Waals surface area contributed by atoms with Crippen molar-refractivity contribution in [2.75, 3.05) is 24.3 Å². The molecule has 3 rings (SSSR count). The van der Waals surface area contributed by atoms with E-state index in [0.717, 1.165) is 11.2 Å². The fourth-order valence-corrected chi connectivity index (χ4v) is 2.32. The zero-order valence-electron chi connectivity index (χ0n) is 13.6. The zero-order valence-corrected chi connectivity index (χ0v) is 13.6. The minimum atomic E-state index is -1.07. The summed E-state index contributed by atoms with van der Waals surface area (Å²) in [5.74, 6) is -0.395. The molecule has 2 aromatic heterocycles. The quantitative estimate of drug-likeness (QED) is 0.750. The van der Waals surface area contributed by atoms with E-state index >= 15 is 0 Å². The van der Waals surface area contributed by atoms with E-state index < -0.39 is 5.97 Å². The smallest absolute Gasteiger partial charge is 0.337 e. The highest BCUT2D eigenvalue weighted by molar-refractivity contribution is 6.06. The first-order valence-electron chi connectivity index (χ1n) is 7.38. The van der Waals surface area contributed by atoms with Crippen molar-refractivity contribution in [3.8, 4) is 0 Å². The monoisotopic (exact) mass is 337 g/mol. The number of anilines is 2. The molecule has 0 aliphatic rings. The van der Waals surface area contributed by atoms with Crippen LogP contribution in [0.2, 0.25) is 0 Å². The van der Waals surface area contributed by atoms with Crippen LogP contribution >= 0.6 is 0 Å². The molecule has 0 aliphatic heterocycles. The number of carbonyl (C=O) groups excluding carboxylic acids is 1. The Morgan fingerprint density at radius 1 is 1.04 bits per heavy atom. The van der Waals surface area contributed by atoms with Gasteiger partial charge in [0, 0.05) is 31.2 Å². The molecule has 0 saturated carbocycles. The molecule has 0 spiro atoms. The van der Waals surface area contributed by atoms with Crippen LogP contribution in [0.15, 0.2) is 42.9 Å². The molecule has 3 aromatic rings. The number of hydrogen-bond acceptors (Lipinski definition) is 6. The van der Waals surface area contributed by atoms with Crippen LogP contribution in [0.25, 0.3) is 10.9 Å². The predicted octanol–water partition coefficient (Wildman–Crippen LogP) is 2.04. The van der Waals surface area contributed by atoms with Crippen molar-refractivity contribution in [3.63, 3.8) is 0 Å². The van der Waals surface area contributed by atoms with Gasteiger partial charge in [0.15, 0.2) is 0 Å². The van der Waals surface area contributed by atoms with E-state index in [4.69, 9.17) is 5.11 Å². The molecule has 2 heterocycles. The Balaban J connectivity index is 1.86. The van der Waals surface area contributed by atoms with Gasteiger partial charge in [0.2, 0.25) is 0 Å². The summed E-state index contributed by atoms with van der Waals surface area (Å²) in [4.78, 5) is 37.4. The maximum Gasteiger partial charge on any atom is 0.337 e. The third-order valence-electron chi connectivity index (χ3n) is 3.55. The molecule has 0 atom stereocenters. The molecule has 0 aliphatic carbocycles. The summed E-state index contributed by atoms with van der Waals surface area (Å²) in [7, 11) is 3.77. The number of nitrogens with zero attached hydrogens (tertiary/aromatic N) is 4. The average molecular weight is 337 g/mol. The van der Waals surface area contributed by atoms with Crippen molar-refractivity contribution in [1.29, 1.82) is 0 Å². The van der Waals surface area contributed by atoms with Crippen molar-refractivity contribution < 1.29 is 14.7 Å². The molecule has 126 valence electrons. The molecule has 0 unspecified atom stereocenters. The van der Waals surface area contributed by atoms with E-state index in [1.54, 1.807) is 18.2 Å². The van der Waals surface area contributed by atoms with Gasteiger partial charge in [-0.1, -0.05) is 0 Å². The molecular formula is C17H15N5O3. The van der Waals surface area contributed by atoms with Gasteiger partial charge in [-0.05, 0) is 30.3 Å². The number of carboxylic acids is 1. The summed E-state index contributed by atoms with van der Waals surface area (Å²) in [5.41, 5.74) is 1.12. The average Bonchev–Trinajstić information content (AvgIpc) is 2.61. The SMILES string of the molecule is CN(C)c1ncnc2cc(C(=O)Nc3ccc(C(=O)O)cn3)ccc12. The lowest BCUT2D eigenvalue weighted by Crippen LogP contribution is -2.14. The lowest BCUT2D eigenvalue weighted by molar-refractivity contribution is 0.0696. The maximum atomic E-state index is 12.4. The van der Waals surface area contributed by atoms with Crippen LogP contribution in [-0.4, -0.2) is 46.0 Å². The molecule has 1 aromatic carbocycles. The third-order valence-corrected chi connectivity index (χ3v) is 3.55. The maximum absolute atomic E-state index is 12.4. The fraction of sp³-hybridized carbons (Fsp3) is 0.118. The number of fused-ring (bicyclic) bond motifs is 1. The van der Waals surface area contributed by atoms with E-state index in [0.29, 0.717) is 11.1 Å². The van der Waals surface area contributed by atoms with Crippen molar-refractivity contribution in [2.45, 2.75) is 0 Å². The Bertz CT molecular complexity index is 954. The highest BCUT2D eigenvalue weighted by atomic mass is 16.4. The largest absolute Gasteiger partial charge is 0.478 e. The highest BCUT2D eigenvalue weighted by Gasteiger charge is 2.12. The van der Waals surface area contributed by atoms with Crippen LogP contribution in [0.5, 0.6) is 0 Å². The van der Waals surface area contributed by atoms with Crippen LogP contribution in [-0.2, 0) is 0 Å². The highest BCUT2D eigenvalue weighted by Crippen LogP contribution is 2.22. The van der Waals surface area contributed by atoms with Crippen LogP contribution < -0.4 is 10.2 Å². The summed E-state index contributed by atoms with van der Waals surface area (Å²) < 4.78 is 0. The van der Waals surface area contributed by atoms with E-state index in [1.807, 2.05) is 19.0 Å². The van der Waals surface area contributed by atoms with E-state index in [1.165, 1.54) is 24.7 Å². The molecule has 0 fully saturated rings. The number of carbonyl (C=O) groups is 2. The third kappa shape index (κ3) is 3.37. The second-order valence-electron chi connectivity index (χ2n) is 5.52. The Kier molecular flexibility index (Phi) is 4.25. The Morgan fingerprint density at radius 3 is 2.44 bits per heavy atom. The number of pyridine rings is 1. The van der Waals surface area contributed by atoms with E-state index in [-0.39, 0.29) is 17.3 Å². The first-order valence-corrected chi connectivity index (χ1v) is 7.38. The van der Waals surface area contributed by atoms with Gasteiger partial charge in [0.05, 0.1) is 11.1 Å². The second kappa shape index (κ2) is 6.52. The van der Waals surface area contributed by atoms with Crippen molar-refractivity contribution in [2.24, 2.45) is 0 Å². The van der Waals surface area contributed by atoms with Crippen LogP contribution in [0, 0.1) is 0 Å². The molecule has 0 bridgehead atoms. The summed E-state index contributed by atoms with van der Waals surface area (Å²) in [6, 6.07) is 7.96. The zero-order chi connectivity index (χ0) is 18.0. The van der Waals surface area contributed by atoms with Gasteiger partial charge in [0.25, 0.3) is 5.91 Å². The van der Waals surface area contributed by atoms with Gasteiger partial charge in [-0.2, -0.15) is 0 Å². The van der Waals surface area contributed by atoms with Gasteiger partial charge in [-0.25, -0.2) is 19.7 Å². The number of carboxylic acid groups (broad SMARTS) is 1. The van der Waals surface area contributed by atoms with Crippen LogP contribution in [0.1, 0.15) is 20.7 Å². The Labute approximate surface area is 143 Å².